The van der Waals surface area contributed by atoms with Gasteiger partial charge >= 0.3 is 12.1 Å². The van der Waals surface area contributed by atoms with Gasteiger partial charge in [0.05, 0.1) is 24.3 Å². The molecule has 2 aliphatic rings. The third-order valence-corrected chi connectivity index (χ3v) is 6.80. The number of hydrogen-bond donors (Lipinski definition) is 1. The number of amides is 2. The van der Waals surface area contributed by atoms with E-state index in [0.29, 0.717) is 63.0 Å². The second-order valence-corrected chi connectivity index (χ2v) is 9.45. The summed E-state index contributed by atoms with van der Waals surface area (Å²) >= 11 is 0. The minimum Gasteiger partial charge on any atom is -0.465 e. The van der Waals surface area contributed by atoms with E-state index in [1.807, 2.05) is 6.07 Å². The largest absolute Gasteiger partial charge is 0.465 e. The van der Waals surface area contributed by atoms with Gasteiger partial charge in [0.1, 0.15) is 6.61 Å². The molecule has 10 heteroatoms. The van der Waals surface area contributed by atoms with Crippen molar-refractivity contribution in [2.24, 2.45) is 11.8 Å². The lowest BCUT2D eigenvalue weighted by atomic mass is 9.97. The molecule has 2 fully saturated rings. The first kappa shape index (κ1) is 27.1. The smallest absolute Gasteiger partial charge is 0.407 e. The van der Waals surface area contributed by atoms with Gasteiger partial charge in [-0.25, -0.2) is 9.59 Å². The van der Waals surface area contributed by atoms with E-state index < -0.39 is 18.0 Å². The highest BCUT2D eigenvalue weighted by atomic mass is 16.6. The van der Waals surface area contributed by atoms with Gasteiger partial charge in [0.2, 0.25) is 5.91 Å². The molecule has 194 valence electrons. The standard InChI is InChI=1S/C26H33N3O7/c1-18(14-23(30)21-4-2-19(15-27)3-5-21)25(32)28-12-8-22(9-13-28)35-17-24(31)36-16-20-6-10-29(11-7-20)26(33)34/h2-5,18,20,22H,6-14,16-17H2,1H3,(H,33,34)/t18-/m1/s1. The average Bonchev–Trinajstić information content (AvgIpc) is 2.90. The van der Waals surface area contributed by atoms with Crippen molar-refractivity contribution in [3.63, 3.8) is 0 Å². The van der Waals surface area contributed by atoms with E-state index in [2.05, 4.69) is 0 Å². The molecule has 1 aromatic carbocycles. The quantitative estimate of drug-likeness (QED) is 0.404. The van der Waals surface area contributed by atoms with Gasteiger partial charge in [0.25, 0.3) is 0 Å². The zero-order chi connectivity index (χ0) is 26.1. The van der Waals surface area contributed by atoms with Crippen LogP contribution in [0.15, 0.2) is 24.3 Å². The van der Waals surface area contributed by atoms with Crippen molar-refractivity contribution in [2.75, 3.05) is 39.4 Å². The van der Waals surface area contributed by atoms with Crippen molar-refractivity contribution in [2.45, 2.75) is 45.1 Å². The Hall–Kier alpha value is -3.45. The molecular weight excluding hydrogens is 466 g/mol. The van der Waals surface area contributed by atoms with E-state index in [0.717, 1.165) is 0 Å². The molecule has 2 heterocycles. The molecule has 36 heavy (non-hydrogen) atoms. The molecular formula is C26H33N3O7. The van der Waals surface area contributed by atoms with E-state index in [9.17, 15) is 19.2 Å². The van der Waals surface area contributed by atoms with Crippen molar-refractivity contribution in [1.29, 1.82) is 5.26 Å². The van der Waals surface area contributed by atoms with E-state index in [1.54, 1.807) is 36.1 Å². The summed E-state index contributed by atoms with van der Waals surface area (Å²) < 4.78 is 11.0. The Bertz CT molecular complexity index is 972. The van der Waals surface area contributed by atoms with E-state index in [4.69, 9.17) is 19.8 Å². The first-order chi connectivity index (χ1) is 17.3. The van der Waals surface area contributed by atoms with Crippen LogP contribution in [0.1, 0.15) is 54.9 Å². The molecule has 2 aliphatic heterocycles. The van der Waals surface area contributed by atoms with Crippen molar-refractivity contribution in [3.8, 4) is 6.07 Å². The third-order valence-electron chi connectivity index (χ3n) is 6.80. The number of ketones is 1. The molecule has 10 nitrogen and oxygen atoms in total. The second-order valence-electron chi connectivity index (χ2n) is 9.45. The second kappa shape index (κ2) is 13.0. The van der Waals surface area contributed by atoms with E-state index in [-0.39, 0.29) is 43.3 Å². The molecule has 0 spiro atoms. The zero-order valence-corrected chi connectivity index (χ0v) is 20.6. The molecule has 1 atom stereocenters. The molecule has 2 saturated heterocycles. The summed E-state index contributed by atoms with van der Waals surface area (Å²) in [5, 5.41) is 17.9. The molecule has 2 amide bonds. The highest BCUT2D eigenvalue weighted by molar-refractivity contribution is 5.98. The van der Waals surface area contributed by atoms with Crippen LogP contribution in [0.25, 0.3) is 0 Å². The van der Waals surface area contributed by atoms with Crippen LogP contribution in [0.3, 0.4) is 0 Å². The third kappa shape index (κ3) is 7.78. The van der Waals surface area contributed by atoms with Crippen LogP contribution in [-0.2, 0) is 19.1 Å². The number of Topliss-reactive ketones (excluding diaryl/α,β-unsaturated/α-hetero) is 1. The van der Waals surface area contributed by atoms with Gasteiger partial charge < -0.3 is 24.4 Å². The summed E-state index contributed by atoms with van der Waals surface area (Å²) in [5.74, 6) is -0.954. The number of likely N-dealkylation sites (tertiary alicyclic amines) is 2. The van der Waals surface area contributed by atoms with Crippen molar-refractivity contribution >= 4 is 23.8 Å². The Morgan fingerprint density at radius 2 is 1.64 bits per heavy atom. The number of nitriles is 1. The molecule has 0 saturated carbocycles. The summed E-state index contributed by atoms with van der Waals surface area (Å²) in [7, 11) is 0. The van der Waals surface area contributed by atoms with Crippen LogP contribution in [0.4, 0.5) is 4.79 Å². The van der Waals surface area contributed by atoms with Gasteiger partial charge in [-0.1, -0.05) is 19.1 Å². The summed E-state index contributed by atoms with van der Waals surface area (Å²) in [5.41, 5.74) is 0.964. The van der Waals surface area contributed by atoms with Crippen molar-refractivity contribution < 1.29 is 33.8 Å². The Kier molecular flexibility index (Phi) is 9.82. The summed E-state index contributed by atoms with van der Waals surface area (Å²) in [6.45, 7) is 3.76. The molecule has 1 N–H and O–H groups in total. The number of nitrogens with zero attached hydrogens (tertiary/aromatic N) is 3. The lowest BCUT2D eigenvalue weighted by molar-refractivity contribution is -0.155. The van der Waals surface area contributed by atoms with Gasteiger partial charge in [-0.05, 0) is 43.7 Å². The Labute approximate surface area is 210 Å². The number of ether oxygens (including phenoxy) is 2. The summed E-state index contributed by atoms with van der Waals surface area (Å²) in [6, 6.07) is 8.40. The normalized spacial score (nSPS) is 17.8. The maximum absolute atomic E-state index is 12.8. The van der Waals surface area contributed by atoms with Gasteiger partial charge in [-0.15, -0.1) is 0 Å². The number of carboxylic acid groups (broad SMARTS) is 1. The van der Waals surface area contributed by atoms with Gasteiger partial charge in [0, 0.05) is 44.1 Å². The molecule has 0 aromatic heterocycles. The van der Waals surface area contributed by atoms with Crippen LogP contribution < -0.4 is 0 Å². The fraction of sp³-hybridized carbons (Fsp3) is 0.577. The number of piperidine rings is 2. The molecule has 0 unspecified atom stereocenters. The molecule has 1 aromatic rings. The number of hydrogen-bond acceptors (Lipinski definition) is 7. The first-order valence-electron chi connectivity index (χ1n) is 12.3. The van der Waals surface area contributed by atoms with Crippen LogP contribution in [0.5, 0.6) is 0 Å². The molecule has 0 aliphatic carbocycles. The number of rotatable bonds is 9. The topological polar surface area (TPSA) is 137 Å². The minimum absolute atomic E-state index is 0.0798. The van der Waals surface area contributed by atoms with E-state index >= 15 is 0 Å². The van der Waals surface area contributed by atoms with Crippen LogP contribution in [0.2, 0.25) is 0 Å². The highest BCUT2D eigenvalue weighted by Crippen LogP contribution is 2.20. The molecule has 0 radical (unpaired) electrons. The maximum atomic E-state index is 12.8. The van der Waals surface area contributed by atoms with Crippen molar-refractivity contribution in [1.82, 2.24) is 9.80 Å². The monoisotopic (exact) mass is 499 g/mol. The number of carbonyl (C=O) groups is 4. The van der Waals surface area contributed by atoms with Crippen LogP contribution in [0, 0.1) is 23.2 Å². The lowest BCUT2D eigenvalue weighted by Gasteiger charge is -2.33. The zero-order valence-electron chi connectivity index (χ0n) is 20.6. The van der Waals surface area contributed by atoms with Crippen LogP contribution >= 0.6 is 0 Å². The summed E-state index contributed by atoms with van der Waals surface area (Å²) in [4.78, 5) is 51.4. The fourth-order valence-corrected chi connectivity index (χ4v) is 4.50. The Morgan fingerprint density at radius 1 is 1.03 bits per heavy atom. The first-order valence-corrected chi connectivity index (χ1v) is 12.3. The maximum Gasteiger partial charge on any atom is 0.407 e. The van der Waals surface area contributed by atoms with Crippen molar-refractivity contribution in [3.05, 3.63) is 35.4 Å². The lowest BCUT2D eigenvalue weighted by Crippen LogP contribution is -2.43. The Morgan fingerprint density at radius 3 is 2.22 bits per heavy atom. The van der Waals surface area contributed by atoms with Gasteiger partial charge in [-0.3, -0.25) is 9.59 Å². The minimum atomic E-state index is -0.919. The number of esters is 1. The Balaban J connectivity index is 1.31. The van der Waals surface area contributed by atoms with E-state index in [1.165, 1.54) is 4.90 Å². The predicted molar refractivity (Wildman–Crippen MR) is 128 cm³/mol. The molecule has 3 rings (SSSR count). The number of benzene rings is 1. The SMILES string of the molecule is C[C@H](CC(=O)c1ccc(C#N)cc1)C(=O)N1CCC(OCC(=O)OCC2CCN(C(=O)O)CC2)CC1. The molecule has 0 bridgehead atoms. The fourth-order valence-electron chi connectivity index (χ4n) is 4.50. The predicted octanol–water partition coefficient (Wildman–Crippen LogP) is 2.71. The average molecular weight is 500 g/mol. The highest BCUT2D eigenvalue weighted by Gasteiger charge is 2.28. The van der Waals surface area contributed by atoms with Gasteiger partial charge in [0.15, 0.2) is 5.78 Å². The van der Waals surface area contributed by atoms with Gasteiger partial charge in [-0.2, -0.15) is 5.26 Å². The van der Waals surface area contributed by atoms with Crippen LogP contribution in [-0.4, -0.2) is 84.2 Å². The number of carbonyl (C=O) groups excluding carboxylic acids is 3. The summed E-state index contributed by atoms with van der Waals surface area (Å²) in [6.07, 6.45) is 1.58.